The number of ketones is 1. The van der Waals surface area contributed by atoms with Gasteiger partial charge in [0.05, 0.1) is 7.11 Å². The number of nitrogens with one attached hydrogen (secondary N) is 1. The average molecular weight is 261 g/mol. The van der Waals surface area contributed by atoms with Gasteiger partial charge in [-0.25, -0.2) is 0 Å². The topological polar surface area (TPSA) is 38.3 Å². The Hall–Kier alpha value is -1.35. The van der Waals surface area contributed by atoms with Crippen LogP contribution in [0, 0.1) is 5.41 Å². The first-order valence-corrected chi connectivity index (χ1v) is 6.91. The molecule has 0 radical (unpaired) electrons. The van der Waals surface area contributed by atoms with Gasteiger partial charge < -0.3 is 10.1 Å². The summed E-state index contributed by atoms with van der Waals surface area (Å²) in [4.78, 5) is 12.6. The third-order valence-electron chi connectivity index (χ3n) is 3.96. The second kappa shape index (κ2) is 5.33. The van der Waals surface area contributed by atoms with E-state index in [1.54, 1.807) is 7.11 Å². The van der Waals surface area contributed by atoms with E-state index in [2.05, 4.69) is 19.2 Å². The van der Waals surface area contributed by atoms with Crippen molar-refractivity contribution in [3.05, 3.63) is 29.3 Å². The molecular formula is C16H23NO2. The molecule has 1 saturated carbocycles. The van der Waals surface area contributed by atoms with Gasteiger partial charge in [0.15, 0.2) is 5.78 Å². The Kier molecular flexibility index (Phi) is 3.95. The van der Waals surface area contributed by atoms with Crippen molar-refractivity contribution < 1.29 is 9.53 Å². The molecule has 1 fully saturated rings. The van der Waals surface area contributed by atoms with Crippen LogP contribution in [0.1, 0.15) is 48.5 Å². The average Bonchev–Trinajstić information content (AvgIpc) is 3.18. The number of methoxy groups -OCH3 is 1. The highest BCUT2D eigenvalue weighted by Gasteiger charge is 2.49. The van der Waals surface area contributed by atoms with Crippen LogP contribution in [0.25, 0.3) is 0 Å². The molecule has 0 heterocycles. The summed E-state index contributed by atoms with van der Waals surface area (Å²) in [6, 6.07) is 5.81. The summed E-state index contributed by atoms with van der Waals surface area (Å²) in [6.45, 7) is 5.01. The zero-order valence-corrected chi connectivity index (χ0v) is 12.2. The van der Waals surface area contributed by atoms with Crippen LogP contribution in [0.15, 0.2) is 18.2 Å². The van der Waals surface area contributed by atoms with Crippen LogP contribution >= 0.6 is 0 Å². The number of rotatable bonds is 6. The third-order valence-corrected chi connectivity index (χ3v) is 3.96. The number of carbonyl (C=O) groups is 1. The molecule has 19 heavy (non-hydrogen) atoms. The maximum Gasteiger partial charge on any atom is 0.170 e. The number of carbonyl (C=O) groups excluding carboxylic acids is 1. The summed E-state index contributed by atoms with van der Waals surface area (Å²) >= 11 is 0. The number of Topliss-reactive ketones (excluding diaryl/α,β-unsaturated/α-hetero) is 1. The second-order valence-electron chi connectivity index (χ2n) is 5.75. The molecule has 0 amide bonds. The highest BCUT2D eigenvalue weighted by molar-refractivity contribution is 6.02. The molecule has 1 N–H and O–H groups in total. The predicted molar refractivity (Wildman–Crippen MR) is 77.0 cm³/mol. The van der Waals surface area contributed by atoms with Crippen LogP contribution in [0.5, 0.6) is 5.75 Å². The first-order chi connectivity index (χ1) is 9.04. The van der Waals surface area contributed by atoms with E-state index >= 15 is 0 Å². The molecule has 0 unspecified atom stereocenters. The first-order valence-electron chi connectivity index (χ1n) is 6.91. The van der Waals surface area contributed by atoms with Gasteiger partial charge >= 0.3 is 0 Å². The number of hydrogen-bond acceptors (Lipinski definition) is 3. The molecule has 3 heteroatoms. The molecule has 104 valence electrons. The van der Waals surface area contributed by atoms with Crippen molar-refractivity contribution in [1.82, 2.24) is 5.32 Å². The SMILES string of the molecule is CNCC1(C(=O)c2ccc(OC)c(C(C)C)c2)CC1. The Labute approximate surface area is 115 Å². The zero-order valence-electron chi connectivity index (χ0n) is 12.2. The lowest BCUT2D eigenvalue weighted by Crippen LogP contribution is -2.28. The van der Waals surface area contributed by atoms with E-state index in [-0.39, 0.29) is 11.2 Å². The van der Waals surface area contributed by atoms with Gasteiger partial charge in [0.25, 0.3) is 0 Å². The number of benzene rings is 1. The lowest BCUT2D eigenvalue weighted by molar-refractivity contribution is 0.0900. The Morgan fingerprint density at radius 1 is 1.42 bits per heavy atom. The molecule has 1 aliphatic carbocycles. The summed E-state index contributed by atoms with van der Waals surface area (Å²) in [5.41, 5.74) is 1.77. The fourth-order valence-corrected chi connectivity index (χ4v) is 2.61. The van der Waals surface area contributed by atoms with Gasteiger partial charge in [0, 0.05) is 17.5 Å². The van der Waals surface area contributed by atoms with Gasteiger partial charge in [-0.15, -0.1) is 0 Å². The van der Waals surface area contributed by atoms with Crippen LogP contribution in [0.2, 0.25) is 0 Å². The Bertz CT molecular complexity index is 476. The molecule has 0 atom stereocenters. The van der Waals surface area contributed by atoms with Gasteiger partial charge in [0.1, 0.15) is 5.75 Å². The second-order valence-corrected chi connectivity index (χ2v) is 5.75. The van der Waals surface area contributed by atoms with Crippen LogP contribution < -0.4 is 10.1 Å². The molecule has 0 bridgehead atoms. The minimum Gasteiger partial charge on any atom is -0.496 e. The molecule has 0 aliphatic heterocycles. The molecule has 1 aromatic carbocycles. The molecule has 0 aromatic heterocycles. The zero-order chi connectivity index (χ0) is 14.0. The maximum absolute atomic E-state index is 12.6. The monoisotopic (exact) mass is 261 g/mol. The molecular weight excluding hydrogens is 238 g/mol. The highest BCUT2D eigenvalue weighted by atomic mass is 16.5. The van der Waals surface area contributed by atoms with Gasteiger partial charge in [-0.3, -0.25) is 4.79 Å². The third kappa shape index (κ3) is 2.66. The van der Waals surface area contributed by atoms with Gasteiger partial charge in [0.2, 0.25) is 0 Å². The number of ether oxygens (including phenoxy) is 1. The van der Waals surface area contributed by atoms with Gasteiger partial charge in [-0.05, 0) is 49.6 Å². The van der Waals surface area contributed by atoms with E-state index < -0.39 is 0 Å². The summed E-state index contributed by atoms with van der Waals surface area (Å²) in [5, 5.41) is 3.14. The van der Waals surface area contributed by atoms with Gasteiger partial charge in [-0.2, -0.15) is 0 Å². The van der Waals surface area contributed by atoms with Gasteiger partial charge in [-0.1, -0.05) is 13.8 Å². The van der Waals surface area contributed by atoms with Crippen LogP contribution in [-0.2, 0) is 0 Å². The normalized spacial score (nSPS) is 16.5. The van der Waals surface area contributed by atoms with Crippen LogP contribution in [0.4, 0.5) is 0 Å². The van der Waals surface area contributed by atoms with E-state index in [0.29, 0.717) is 5.92 Å². The van der Waals surface area contributed by atoms with Crippen molar-refractivity contribution >= 4 is 5.78 Å². The fourth-order valence-electron chi connectivity index (χ4n) is 2.61. The Balaban J connectivity index is 2.31. The summed E-state index contributed by atoms with van der Waals surface area (Å²) in [5.74, 6) is 1.48. The lowest BCUT2D eigenvalue weighted by Gasteiger charge is -2.17. The van der Waals surface area contributed by atoms with Crippen molar-refractivity contribution in [2.45, 2.75) is 32.6 Å². The predicted octanol–water partition coefficient (Wildman–Crippen LogP) is 3.00. The number of hydrogen-bond donors (Lipinski definition) is 1. The maximum atomic E-state index is 12.6. The van der Waals surface area contributed by atoms with E-state index in [1.807, 2.05) is 25.2 Å². The smallest absolute Gasteiger partial charge is 0.170 e. The Morgan fingerprint density at radius 3 is 2.58 bits per heavy atom. The first kappa shape index (κ1) is 14.1. The van der Waals surface area contributed by atoms with Crippen molar-refractivity contribution in [2.75, 3.05) is 20.7 Å². The van der Waals surface area contributed by atoms with Crippen molar-refractivity contribution in [2.24, 2.45) is 5.41 Å². The Morgan fingerprint density at radius 2 is 2.11 bits per heavy atom. The standard InChI is InChI=1S/C16H23NO2/c1-11(2)13-9-12(5-6-14(13)19-4)15(18)16(7-8-16)10-17-3/h5-6,9,11,17H,7-8,10H2,1-4H3. The highest BCUT2D eigenvalue weighted by Crippen LogP contribution is 2.48. The van der Waals surface area contributed by atoms with E-state index in [4.69, 9.17) is 4.74 Å². The van der Waals surface area contributed by atoms with Crippen LogP contribution in [0.3, 0.4) is 0 Å². The minimum atomic E-state index is -0.155. The molecule has 2 rings (SSSR count). The summed E-state index contributed by atoms with van der Waals surface area (Å²) in [6.07, 6.45) is 1.99. The molecule has 1 aromatic rings. The van der Waals surface area contributed by atoms with Crippen molar-refractivity contribution in [3.8, 4) is 5.75 Å². The van der Waals surface area contributed by atoms with Crippen molar-refractivity contribution in [3.63, 3.8) is 0 Å². The van der Waals surface area contributed by atoms with Crippen LogP contribution in [-0.4, -0.2) is 26.5 Å². The lowest BCUT2D eigenvalue weighted by atomic mass is 9.91. The van der Waals surface area contributed by atoms with E-state index in [9.17, 15) is 4.79 Å². The van der Waals surface area contributed by atoms with E-state index in [0.717, 1.165) is 36.3 Å². The summed E-state index contributed by atoms with van der Waals surface area (Å²) < 4.78 is 5.37. The molecule has 3 nitrogen and oxygen atoms in total. The van der Waals surface area contributed by atoms with Crippen molar-refractivity contribution in [1.29, 1.82) is 0 Å². The largest absolute Gasteiger partial charge is 0.496 e. The minimum absolute atomic E-state index is 0.155. The molecule has 0 saturated heterocycles. The molecule has 1 aliphatic rings. The fraction of sp³-hybridized carbons (Fsp3) is 0.562. The van der Waals surface area contributed by atoms with E-state index in [1.165, 1.54) is 0 Å². The quantitative estimate of drug-likeness (QED) is 0.800. The molecule has 0 spiro atoms. The summed E-state index contributed by atoms with van der Waals surface area (Å²) in [7, 11) is 3.58.